The summed E-state index contributed by atoms with van der Waals surface area (Å²) in [5.74, 6) is 0.840. The van der Waals surface area contributed by atoms with Crippen LogP contribution in [0.25, 0.3) is 10.9 Å². The Kier molecular flexibility index (Phi) is 5.37. The zero-order valence-corrected chi connectivity index (χ0v) is 18.6. The molecule has 2 atom stereocenters. The van der Waals surface area contributed by atoms with Crippen LogP contribution in [0.4, 0.5) is 0 Å². The van der Waals surface area contributed by atoms with Gasteiger partial charge in [-0.15, -0.1) is 0 Å². The Balaban J connectivity index is 1.60. The highest BCUT2D eigenvalue weighted by molar-refractivity contribution is 5.97. The molecule has 6 nitrogen and oxygen atoms in total. The quantitative estimate of drug-likeness (QED) is 0.599. The van der Waals surface area contributed by atoms with Gasteiger partial charge in [0.1, 0.15) is 11.8 Å². The first kappa shape index (κ1) is 20.6. The Morgan fingerprint density at radius 3 is 2.59 bits per heavy atom. The predicted octanol–water partition coefficient (Wildman–Crippen LogP) is 4.05. The van der Waals surface area contributed by atoms with E-state index in [1.54, 1.807) is 12.0 Å². The molecular weight excluding hydrogens is 402 g/mol. The molecule has 5 rings (SSSR count). The molecule has 1 fully saturated rings. The highest BCUT2D eigenvalue weighted by atomic mass is 16.5. The fourth-order valence-electron chi connectivity index (χ4n) is 5.20. The first-order valence-electron chi connectivity index (χ1n) is 11.5. The second-order valence-electron chi connectivity index (χ2n) is 8.73. The molecule has 2 aliphatic rings. The molecule has 166 valence electrons. The van der Waals surface area contributed by atoms with Gasteiger partial charge in [0.25, 0.3) is 0 Å². The fraction of sp³-hybridized carbons (Fsp3) is 0.385. The van der Waals surface area contributed by atoms with Crippen molar-refractivity contribution in [3.05, 3.63) is 65.4 Å². The van der Waals surface area contributed by atoms with Crippen LogP contribution < -0.4 is 4.74 Å². The van der Waals surface area contributed by atoms with Crippen molar-refractivity contribution in [1.82, 2.24) is 14.8 Å². The number of rotatable bonds is 6. The number of aromatic amines is 1. The van der Waals surface area contributed by atoms with E-state index in [1.165, 1.54) is 0 Å². The molecule has 1 saturated heterocycles. The molecule has 1 unspecified atom stereocenters. The maximum atomic E-state index is 13.5. The van der Waals surface area contributed by atoms with Gasteiger partial charge in [-0.25, -0.2) is 0 Å². The van der Waals surface area contributed by atoms with Gasteiger partial charge in [0.15, 0.2) is 0 Å². The number of para-hydroxylation sites is 1. The minimum absolute atomic E-state index is 0.0104. The average molecular weight is 432 g/mol. The van der Waals surface area contributed by atoms with Crippen molar-refractivity contribution in [1.29, 1.82) is 0 Å². The standard InChI is InChI=1S/C26H29N3O3/c1-3-4-7-14-28-16-23(30)29-22(26(28)31)15-20-19-8-5-6-9-21(19)27-24(20)25(29)17-10-12-18(32-2)13-11-17/h5-6,8-13,22,25,27H,3-4,7,14-16H2,1-2H3/t22-,25?/m0/s1. The molecule has 6 heteroatoms. The molecule has 2 aromatic carbocycles. The van der Waals surface area contributed by atoms with Gasteiger partial charge in [-0.2, -0.15) is 0 Å². The number of fused-ring (bicyclic) bond motifs is 4. The van der Waals surface area contributed by atoms with Crippen molar-refractivity contribution in [2.45, 2.75) is 44.7 Å². The molecule has 1 N–H and O–H groups in total. The molecule has 0 spiro atoms. The number of nitrogens with zero attached hydrogens (tertiary/aromatic N) is 2. The summed E-state index contributed by atoms with van der Waals surface area (Å²) in [6.45, 7) is 2.95. The van der Waals surface area contributed by atoms with Gasteiger partial charge >= 0.3 is 0 Å². The number of benzene rings is 2. The molecule has 2 amide bonds. The maximum absolute atomic E-state index is 13.5. The van der Waals surface area contributed by atoms with Crippen LogP contribution in [0.1, 0.15) is 49.0 Å². The molecule has 1 aromatic heterocycles. The molecule has 0 bridgehead atoms. The number of carbonyl (C=O) groups is 2. The number of methoxy groups -OCH3 is 1. The lowest BCUT2D eigenvalue weighted by atomic mass is 9.86. The maximum Gasteiger partial charge on any atom is 0.246 e. The van der Waals surface area contributed by atoms with Crippen LogP contribution >= 0.6 is 0 Å². The number of unbranched alkanes of at least 4 members (excludes halogenated alkanes) is 2. The number of hydrogen-bond donors (Lipinski definition) is 1. The van der Waals surface area contributed by atoms with E-state index >= 15 is 0 Å². The SMILES string of the molecule is CCCCCN1CC(=O)N2C(c3ccc(OC)cc3)c3[nH]c4ccccc4c3C[C@H]2C1=O. The third-order valence-electron chi connectivity index (χ3n) is 6.81. The Hall–Kier alpha value is -3.28. The normalized spacial score (nSPS) is 20.4. The van der Waals surface area contributed by atoms with E-state index in [1.807, 2.05) is 41.3 Å². The van der Waals surface area contributed by atoms with Crippen molar-refractivity contribution in [2.75, 3.05) is 20.2 Å². The monoisotopic (exact) mass is 431 g/mol. The van der Waals surface area contributed by atoms with Gasteiger partial charge < -0.3 is 19.5 Å². The lowest BCUT2D eigenvalue weighted by Crippen LogP contribution is -2.63. The average Bonchev–Trinajstić information content (AvgIpc) is 3.19. The second kappa shape index (κ2) is 8.34. The lowest BCUT2D eigenvalue weighted by molar-refractivity contribution is -0.158. The minimum atomic E-state index is -0.475. The topological polar surface area (TPSA) is 65.6 Å². The van der Waals surface area contributed by atoms with Crippen LogP contribution in [0.2, 0.25) is 0 Å². The Bertz CT molecular complexity index is 1150. The van der Waals surface area contributed by atoms with Crippen molar-refractivity contribution < 1.29 is 14.3 Å². The van der Waals surface area contributed by atoms with Crippen LogP contribution in [0, 0.1) is 0 Å². The summed E-state index contributed by atoms with van der Waals surface area (Å²) in [7, 11) is 1.64. The largest absolute Gasteiger partial charge is 0.497 e. The second-order valence-corrected chi connectivity index (χ2v) is 8.73. The summed E-state index contributed by atoms with van der Waals surface area (Å²) < 4.78 is 5.33. The summed E-state index contributed by atoms with van der Waals surface area (Å²) in [6.07, 6.45) is 3.63. The van der Waals surface area contributed by atoms with E-state index in [9.17, 15) is 9.59 Å². The van der Waals surface area contributed by atoms with Gasteiger partial charge in [0, 0.05) is 29.6 Å². The van der Waals surface area contributed by atoms with Crippen molar-refractivity contribution in [3.63, 3.8) is 0 Å². The smallest absolute Gasteiger partial charge is 0.246 e. The Morgan fingerprint density at radius 1 is 1.06 bits per heavy atom. The van der Waals surface area contributed by atoms with E-state index in [2.05, 4.69) is 24.0 Å². The number of H-pyrrole nitrogens is 1. The molecule has 2 aliphatic heterocycles. The van der Waals surface area contributed by atoms with E-state index in [-0.39, 0.29) is 24.4 Å². The molecule has 32 heavy (non-hydrogen) atoms. The number of nitrogens with one attached hydrogen (secondary N) is 1. The highest BCUT2D eigenvalue weighted by Gasteiger charge is 2.48. The molecule has 3 aromatic rings. The van der Waals surface area contributed by atoms with Gasteiger partial charge in [-0.3, -0.25) is 9.59 Å². The van der Waals surface area contributed by atoms with E-state index in [4.69, 9.17) is 4.74 Å². The van der Waals surface area contributed by atoms with Gasteiger partial charge in [-0.1, -0.05) is 50.1 Å². The molecule has 0 aliphatic carbocycles. The minimum Gasteiger partial charge on any atom is -0.497 e. The van der Waals surface area contributed by atoms with Crippen LogP contribution in [0.5, 0.6) is 5.75 Å². The van der Waals surface area contributed by atoms with Gasteiger partial charge in [0.05, 0.1) is 19.7 Å². The lowest BCUT2D eigenvalue weighted by Gasteiger charge is -2.47. The third kappa shape index (κ3) is 3.34. The highest BCUT2D eigenvalue weighted by Crippen LogP contribution is 2.42. The summed E-state index contributed by atoms with van der Waals surface area (Å²) in [4.78, 5) is 34.1. The number of hydrogen-bond acceptors (Lipinski definition) is 3. The number of piperazine rings is 1. The Labute approximate surface area is 188 Å². The van der Waals surface area contributed by atoms with E-state index in [0.717, 1.165) is 52.7 Å². The zero-order chi connectivity index (χ0) is 22.2. The van der Waals surface area contributed by atoms with E-state index < -0.39 is 6.04 Å². The fourth-order valence-corrected chi connectivity index (χ4v) is 5.20. The number of carbonyl (C=O) groups excluding carboxylic acids is 2. The van der Waals surface area contributed by atoms with E-state index in [0.29, 0.717) is 13.0 Å². The zero-order valence-electron chi connectivity index (χ0n) is 18.6. The van der Waals surface area contributed by atoms with Crippen molar-refractivity contribution in [3.8, 4) is 5.75 Å². The van der Waals surface area contributed by atoms with Crippen molar-refractivity contribution >= 4 is 22.7 Å². The van der Waals surface area contributed by atoms with Crippen molar-refractivity contribution in [2.24, 2.45) is 0 Å². The third-order valence-corrected chi connectivity index (χ3v) is 6.81. The first-order valence-corrected chi connectivity index (χ1v) is 11.5. The van der Waals surface area contributed by atoms with Crippen LogP contribution in [0.3, 0.4) is 0 Å². The first-order chi connectivity index (χ1) is 15.6. The molecular formula is C26H29N3O3. The summed E-state index contributed by atoms with van der Waals surface area (Å²) >= 11 is 0. The summed E-state index contributed by atoms with van der Waals surface area (Å²) in [5.41, 5.74) is 4.16. The van der Waals surface area contributed by atoms with Crippen LogP contribution in [0.15, 0.2) is 48.5 Å². The molecule has 3 heterocycles. The van der Waals surface area contributed by atoms with Gasteiger partial charge in [0.2, 0.25) is 11.8 Å². The number of amides is 2. The van der Waals surface area contributed by atoms with Crippen LogP contribution in [-0.2, 0) is 16.0 Å². The molecule has 0 saturated carbocycles. The number of ether oxygens (including phenoxy) is 1. The Morgan fingerprint density at radius 2 is 1.84 bits per heavy atom. The summed E-state index contributed by atoms with van der Waals surface area (Å²) in [6, 6.07) is 15.2. The molecule has 0 radical (unpaired) electrons. The van der Waals surface area contributed by atoms with Gasteiger partial charge in [-0.05, 0) is 35.7 Å². The predicted molar refractivity (Wildman–Crippen MR) is 124 cm³/mol. The summed E-state index contributed by atoms with van der Waals surface area (Å²) in [5, 5.41) is 1.13. The number of aromatic nitrogens is 1. The van der Waals surface area contributed by atoms with Crippen LogP contribution in [-0.4, -0.2) is 52.8 Å².